The number of likely N-dealkylation sites (tertiary alicyclic amines) is 1. The number of hydrogen-bond donors (Lipinski definition) is 1. The van der Waals surface area contributed by atoms with Crippen molar-refractivity contribution in [1.29, 1.82) is 0 Å². The zero-order chi connectivity index (χ0) is 24.3. The van der Waals surface area contributed by atoms with E-state index in [1.165, 1.54) is 16.8 Å². The van der Waals surface area contributed by atoms with Crippen molar-refractivity contribution in [2.75, 3.05) is 19.6 Å². The largest absolute Gasteiger partial charge is 0.350 e. The van der Waals surface area contributed by atoms with Gasteiger partial charge in [-0.3, -0.25) is 9.69 Å². The van der Waals surface area contributed by atoms with E-state index >= 15 is 0 Å². The van der Waals surface area contributed by atoms with Crippen LogP contribution in [0.3, 0.4) is 0 Å². The molecule has 0 aliphatic carbocycles. The lowest BCUT2D eigenvalue weighted by atomic mass is 10.0. The highest BCUT2D eigenvalue weighted by molar-refractivity contribution is 7.27. The molecule has 0 spiro atoms. The van der Waals surface area contributed by atoms with E-state index < -0.39 is 24.5 Å². The Balaban J connectivity index is 1.54. The van der Waals surface area contributed by atoms with E-state index in [2.05, 4.69) is 29.5 Å². The Bertz CT molecular complexity index is 1150. The summed E-state index contributed by atoms with van der Waals surface area (Å²) in [5.41, 5.74) is 2.64. The first-order valence-corrected chi connectivity index (χ1v) is 12.4. The predicted octanol–water partition coefficient (Wildman–Crippen LogP) is 4.43. The lowest BCUT2D eigenvalue weighted by molar-refractivity contribution is -0.0630. The van der Waals surface area contributed by atoms with Gasteiger partial charge in [0.15, 0.2) is 5.82 Å². The zero-order valence-corrected chi connectivity index (χ0v) is 20.7. The molecule has 1 amide bonds. The fourth-order valence-corrected chi connectivity index (χ4v) is 5.09. The van der Waals surface area contributed by atoms with Crippen LogP contribution in [0, 0.1) is 0 Å². The van der Waals surface area contributed by atoms with Crippen molar-refractivity contribution < 1.29 is 18.0 Å². The summed E-state index contributed by atoms with van der Waals surface area (Å²) in [6.45, 7) is -0.401. The average molecular weight is 528 g/mol. The van der Waals surface area contributed by atoms with Crippen LogP contribution >= 0.6 is 32.2 Å². The minimum atomic E-state index is -2.72. The van der Waals surface area contributed by atoms with Crippen LogP contribution in [-0.4, -0.2) is 51.3 Å². The molecule has 1 N–H and O–H groups in total. The molecule has 2 unspecified atom stereocenters. The van der Waals surface area contributed by atoms with Crippen molar-refractivity contribution in [2.24, 2.45) is 0 Å². The lowest BCUT2D eigenvalue weighted by Crippen LogP contribution is -2.45. The van der Waals surface area contributed by atoms with E-state index in [1.807, 2.05) is 4.90 Å². The smallest absolute Gasteiger partial charge is 0.252 e. The molecule has 2 aromatic heterocycles. The van der Waals surface area contributed by atoms with E-state index in [-0.39, 0.29) is 48.8 Å². The number of benzene rings is 1. The summed E-state index contributed by atoms with van der Waals surface area (Å²) in [5.74, 6) is -2.71. The topological polar surface area (TPSA) is 71.0 Å². The highest BCUT2D eigenvalue weighted by Crippen LogP contribution is 2.35. The molecule has 1 fully saturated rings. The van der Waals surface area contributed by atoms with Gasteiger partial charge in [-0.2, -0.15) is 0 Å². The molecule has 3 heterocycles. The molecule has 180 valence electrons. The summed E-state index contributed by atoms with van der Waals surface area (Å²) < 4.78 is 40.9. The highest BCUT2D eigenvalue weighted by atomic mass is 35.5. The molecular formula is C22H22ClF3N5OPS. The number of halogens is 4. The standard InChI is InChI=1S/C22H22ClF3N5OPS/c23-16-2-1-13(20-27-9-14(33)10-28-20)7-15(16)21(32)29-11-18(19-17(8-24)30-12-34-19)31-5-3-22(25,26)4-6-31/h1-2,7,9-10,12,18H,3-6,8,11,33H2,(H,29,32). The number of nitrogens with one attached hydrogen (secondary N) is 1. The Morgan fingerprint density at radius 1 is 1.24 bits per heavy atom. The second-order valence-electron chi connectivity index (χ2n) is 7.95. The van der Waals surface area contributed by atoms with E-state index in [4.69, 9.17) is 11.6 Å². The molecule has 6 nitrogen and oxygen atoms in total. The number of thiazole rings is 1. The lowest BCUT2D eigenvalue weighted by Gasteiger charge is -2.37. The number of amides is 1. The first-order chi connectivity index (χ1) is 16.3. The molecule has 12 heteroatoms. The van der Waals surface area contributed by atoms with Crippen LogP contribution in [-0.2, 0) is 6.67 Å². The first kappa shape index (κ1) is 25.0. The third-order valence-electron chi connectivity index (χ3n) is 5.67. The van der Waals surface area contributed by atoms with E-state index in [9.17, 15) is 18.0 Å². The van der Waals surface area contributed by atoms with E-state index in [1.54, 1.807) is 30.6 Å². The molecule has 1 saturated heterocycles. The van der Waals surface area contributed by atoms with Crippen molar-refractivity contribution in [3.05, 3.63) is 57.3 Å². The number of aromatic nitrogens is 3. The molecule has 0 saturated carbocycles. The fourth-order valence-electron chi connectivity index (χ4n) is 3.81. The average Bonchev–Trinajstić information content (AvgIpc) is 3.29. The van der Waals surface area contributed by atoms with Crippen molar-refractivity contribution >= 4 is 43.4 Å². The van der Waals surface area contributed by atoms with Crippen LogP contribution in [0.25, 0.3) is 11.4 Å². The van der Waals surface area contributed by atoms with Gasteiger partial charge in [0.25, 0.3) is 11.8 Å². The molecule has 1 aliphatic heterocycles. The van der Waals surface area contributed by atoms with Gasteiger partial charge >= 0.3 is 0 Å². The fraction of sp³-hybridized carbons (Fsp3) is 0.364. The second-order valence-corrected chi connectivity index (χ2v) is 9.91. The first-order valence-electron chi connectivity index (χ1n) is 10.5. The van der Waals surface area contributed by atoms with Gasteiger partial charge < -0.3 is 5.32 Å². The summed E-state index contributed by atoms with van der Waals surface area (Å²) in [6.07, 6.45) is 2.71. The molecule has 34 heavy (non-hydrogen) atoms. The highest BCUT2D eigenvalue weighted by Gasteiger charge is 2.37. The van der Waals surface area contributed by atoms with Crippen LogP contribution in [0.2, 0.25) is 5.02 Å². The van der Waals surface area contributed by atoms with Gasteiger partial charge in [0.2, 0.25) is 0 Å². The second kappa shape index (κ2) is 10.6. The quantitative estimate of drug-likeness (QED) is 0.460. The molecule has 0 radical (unpaired) electrons. The summed E-state index contributed by atoms with van der Waals surface area (Å²) in [7, 11) is 2.50. The van der Waals surface area contributed by atoms with Crippen molar-refractivity contribution in [1.82, 2.24) is 25.2 Å². The van der Waals surface area contributed by atoms with Crippen molar-refractivity contribution in [2.45, 2.75) is 31.5 Å². The van der Waals surface area contributed by atoms with Crippen LogP contribution in [0.5, 0.6) is 0 Å². The van der Waals surface area contributed by atoms with Gasteiger partial charge in [-0.05, 0) is 18.2 Å². The van der Waals surface area contributed by atoms with Crippen LogP contribution in [0.4, 0.5) is 13.2 Å². The van der Waals surface area contributed by atoms with Crippen molar-refractivity contribution in [3.8, 4) is 11.4 Å². The predicted molar refractivity (Wildman–Crippen MR) is 130 cm³/mol. The number of piperidine rings is 1. The van der Waals surface area contributed by atoms with Gasteiger partial charge in [-0.15, -0.1) is 20.6 Å². The number of carbonyl (C=O) groups excluding carboxylic acids is 1. The molecular weight excluding hydrogens is 506 g/mol. The minimum absolute atomic E-state index is 0.0956. The molecule has 4 rings (SSSR count). The number of alkyl halides is 3. The third kappa shape index (κ3) is 5.74. The Kier molecular flexibility index (Phi) is 7.82. The number of nitrogens with zero attached hydrogens (tertiary/aromatic N) is 4. The van der Waals surface area contributed by atoms with Gasteiger partial charge in [-0.1, -0.05) is 11.6 Å². The summed E-state index contributed by atoms with van der Waals surface area (Å²) in [5, 5.41) is 3.92. The maximum Gasteiger partial charge on any atom is 0.252 e. The number of carbonyl (C=O) groups is 1. The normalized spacial score (nSPS) is 16.9. The number of hydrogen-bond acceptors (Lipinski definition) is 6. The summed E-state index contributed by atoms with van der Waals surface area (Å²) >= 11 is 7.54. The zero-order valence-electron chi connectivity index (χ0n) is 18.0. The monoisotopic (exact) mass is 527 g/mol. The van der Waals surface area contributed by atoms with Crippen molar-refractivity contribution in [3.63, 3.8) is 0 Å². The van der Waals surface area contributed by atoms with Gasteiger partial charge in [0.05, 0.1) is 27.8 Å². The Morgan fingerprint density at radius 3 is 2.62 bits per heavy atom. The molecule has 1 aromatic carbocycles. The third-order valence-corrected chi connectivity index (χ3v) is 7.27. The minimum Gasteiger partial charge on any atom is -0.350 e. The van der Waals surface area contributed by atoms with Crippen LogP contribution in [0.1, 0.15) is 39.8 Å². The Labute approximate surface area is 206 Å². The van der Waals surface area contributed by atoms with Crippen LogP contribution < -0.4 is 10.6 Å². The van der Waals surface area contributed by atoms with Crippen LogP contribution in [0.15, 0.2) is 36.1 Å². The Hall–Kier alpha value is -2.13. The SMILES string of the molecule is O=C(NCC(c1scnc1CF)N1CCC(F)(F)CC1)c1cc(-c2ncc(P)cn2)ccc1Cl. The maximum atomic E-state index is 13.7. The maximum absolute atomic E-state index is 13.7. The van der Waals surface area contributed by atoms with Gasteiger partial charge in [0, 0.05) is 60.6 Å². The molecule has 3 aromatic rings. The summed E-state index contributed by atoms with van der Waals surface area (Å²) in [4.78, 5) is 28.1. The Morgan fingerprint density at radius 2 is 1.94 bits per heavy atom. The number of rotatable bonds is 7. The van der Waals surface area contributed by atoms with Gasteiger partial charge in [0.1, 0.15) is 6.67 Å². The summed E-state index contributed by atoms with van der Waals surface area (Å²) in [6, 6.07) is 4.45. The van der Waals surface area contributed by atoms with Gasteiger partial charge in [-0.25, -0.2) is 28.1 Å². The molecule has 2 atom stereocenters. The molecule has 0 bridgehead atoms. The van der Waals surface area contributed by atoms with E-state index in [0.29, 0.717) is 16.3 Å². The molecule has 1 aliphatic rings. The van der Waals surface area contributed by atoms with E-state index in [0.717, 1.165) is 5.30 Å².